The molecule has 1 aliphatic rings. The van der Waals surface area contributed by atoms with Crippen LogP contribution in [0.15, 0.2) is 84.4 Å². The van der Waals surface area contributed by atoms with Crippen LogP contribution in [-0.4, -0.2) is 41.5 Å². The fraction of sp³-hybridized carbons (Fsp3) is 0.188. The maximum absolute atomic E-state index is 13.5. The average Bonchev–Trinajstić information content (AvgIpc) is 3.52. The maximum Gasteiger partial charge on any atom is 0.350 e. The summed E-state index contributed by atoms with van der Waals surface area (Å²) in [7, 11) is 1.49. The molecule has 214 valence electrons. The largest absolute Gasteiger partial charge is 0.507 e. The molecule has 1 atom stereocenters. The van der Waals surface area contributed by atoms with E-state index in [-0.39, 0.29) is 27.9 Å². The van der Waals surface area contributed by atoms with Crippen molar-refractivity contribution in [3.8, 4) is 11.5 Å². The number of nitrogens with zero attached hydrogens (tertiary/aromatic N) is 2. The Kier molecular flexibility index (Phi) is 8.35. The Morgan fingerprint density at radius 2 is 1.74 bits per heavy atom. The van der Waals surface area contributed by atoms with Crippen LogP contribution >= 0.6 is 11.3 Å². The summed E-state index contributed by atoms with van der Waals surface area (Å²) in [6, 6.07) is 22.2. The van der Waals surface area contributed by atoms with Crippen molar-refractivity contribution in [2.45, 2.75) is 26.5 Å². The Bertz CT molecular complexity index is 1660. The molecule has 3 aromatic carbocycles. The number of anilines is 1. The highest BCUT2D eigenvalue weighted by Gasteiger charge is 2.48. The zero-order valence-corrected chi connectivity index (χ0v) is 24.0. The first-order valence-corrected chi connectivity index (χ1v) is 14.0. The molecule has 5 rings (SSSR count). The highest BCUT2D eigenvalue weighted by Crippen LogP contribution is 2.44. The van der Waals surface area contributed by atoms with Crippen LogP contribution in [-0.2, 0) is 20.9 Å². The van der Waals surface area contributed by atoms with Gasteiger partial charge in [0.1, 0.15) is 28.7 Å². The molecule has 0 bridgehead atoms. The van der Waals surface area contributed by atoms with Crippen molar-refractivity contribution < 1.29 is 33.7 Å². The van der Waals surface area contributed by atoms with Gasteiger partial charge in [0.25, 0.3) is 5.78 Å². The number of methoxy groups -OCH3 is 1. The van der Waals surface area contributed by atoms with Crippen molar-refractivity contribution in [1.29, 1.82) is 0 Å². The summed E-state index contributed by atoms with van der Waals surface area (Å²) in [6.07, 6.45) is 0. The molecule has 1 N–H and O–H groups in total. The van der Waals surface area contributed by atoms with Crippen LogP contribution in [0, 0.1) is 6.92 Å². The first-order chi connectivity index (χ1) is 20.3. The van der Waals surface area contributed by atoms with Crippen LogP contribution in [0.1, 0.15) is 45.0 Å². The summed E-state index contributed by atoms with van der Waals surface area (Å²) in [5.74, 6) is -1.62. The SMILES string of the molecule is CCOC(=O)c1sc(N2C(=O)C(=O)C(=C(O)c3cccc(OC)c3)C2c2ccc(OCc3ccccc3)cc2)nc1C. The van der Waals surface area contributed by atoms with E-state index in [0.717, 1.165) is 16.9 Å². The lowest BCUT2D eigenvalue weighted by Gasteiger charge is -2.23. The number of aliphatic hydroxyl groups is 1. The van der Waals surface area contributed by atoms with Gasteiger partial charge >= 0.3 is 11.9 Å². The van der Waals surface area contributed by atoms with Gasteiger partial charge in [-0.15, -0.1) is 0 Å². The number of benzene rings is 3. The first kappa shape index (κ1) is 28.6. The molecule has 1 unspecified atom stereocenters. The van der Waals surface area contributed by atoms with Gasteiger partial charge in [-0.3, -0.25) is 14.5 Å². The summed E-state index contributed by atoms with van der Waals surface area (Å²) in [5, 5.41) is 11.6. The molecule has 10 heteroatoms. The lowest BCUT2D eigenvalue weighted by Crippen LogP contribution is -2.29. The lowest BCUT2D eigenvalue weighted by atomic mass is 9.95. The fourth-order valence-electron chi connectivity index (χ4n) is 4.63. The second-order valence-electron chi connectivity index (χ2n) is 9.38. The van der Waals surface area contributed by atoms with Crippen molar-refractivity contribution in [3.63, 3.8) is 0 Å². The quantitative estimate of drug-likeness (QED) is 0.113. The van der Waals surface area contributed by atoms with E-state index in [2.05, 4.69) is 4.98 Å². The monoisotopic (exact) mass is 584 g/mol. The molecule has 1 saturated heterocycles. The average molecular weight is 585 g/mol. The van der Waals surface area contributed by atoms with Gasteiger partial charge in [-0.05, 0) is 49.2 Å². The van der Waals surface area contributed by atoms with Crippen molar-refractivity contribution in [2.24, 2.45) is 0 Å². The van der Waals surface area contributed by atoms with Crippen molar-refractivity contribution in [2.75, 3.05) is 18.6 Å². The van der Waals surface area contributed by atoms with E-state index >= 15 is 0 Å². The molecule has 0 saturated carbocycles. The number of hydrogen-bond acceptors (Lipinski definition) is 9. The van der Waals surface area contributed by atoms with E-state index in [1.807, 2.05) is 30.3 Å². The van der Waals surface area contributed by atoms with Gasteiger partial charge in [0.2, 0.25) is 0 Å². The number of hydrogen-bond donors (Lipinski definition) is 1. The Labute approximate surface area is 246 Å². The maximum atomic E-state index is 13.5. The Morgan fingerprint density at radius 1 is 1.00 bits per heavy atom. The van der Waals surface area contributed by atoms with Crippen LogP contribution in [0.3, 0.4) is 0 Å². The number of ether oxygens (including phenoxy) is 3. The van der Waals surface area contributed by atoms with Gasteiger partial charge < -0.3 is 19.3 Å². The first-order valence-electron chi connectivity index (χ1n) is 13.2. The van der Waals surface area contributed by atoms with Gasteiger partial charge in [0, 0.05) is 5.56 Å². The number of thiazole rings is 1. The number of aromatic nitrogens is 1. The number of Topliss-reactive ketones (excluding diaryl/α,β-unsaturated/α-hetero) is 1. The molecule has 0 aliphatic carbocycles. The van der Waals surface area contributed by atoms with E-state index in [9.17, 15) is 19.5 Å². The summed E-state index contributed by atoms with van der Waals surface area (Å²) in [5.41, 5.74) is 2.10. The van der Waals surface area contributed by atoms with E-state index in [4.69, 9.17) is 14.2 Å². The number of esters is 1. The third-order valence-corrected chi connectivity index (χ3v) is 7.82. The predicted octanol–water partition coefficient (Wildman–Crippen LogP) is 5.84. The normalized spacial score (nSPS) is 16.0. The van der Waals surface area contributed by atoms with Crippen LogP contribution in [0.25, 0.3) is 5.76 Å². The Balaban J connectivity index is 1.58. The predicted molar refractivity (Wildman–Crippen MR) is 158 cm³/mol. The van der Waals surface area contributed by atoms with E-state index in [0.29, 0.717) is 34.9 Å². The molecule has 2 heterocycles. The minimum Gasteiger partial charge on any atom is -0.507 e. The molecule has 1 fully saturated rings. The number of carbonyl (C=O) groups excluding carboxylic acids is 3. The second-order valence-corrected chi connectivity index (χ2v) is 10.4. The smallest absolute Gasteiger partial charge is 0.350 e. The number of amides is 1. The third-order valence-electron chi connectivity index (χ3n) is 6.68. The zero-order valence-electron chi connectivity index (χ0n) is 23.2. The minimum absolute atomic E-state index is 0.114. The van der Waals surface area contributed by atoms with Gasteiger partial charge in [0.05, 0.1) is 31.0 Å². The number of ketones is 1. The molecule has 4 aromatic rings. The molecular weight excluding hydrogens is 556 g/mol. The van der Waals surface area contributed by atoms with Crippen LogP contribution in [0.5, 0.6) is 11.5 Å². The molecule has 0 spiro atoms. The van der Waals surface area contributed by atoms with Gasteiger partial charge in [0.15, 0.2) is 5.13 Å². The van der Waals surface area contributed by atoms with E-state index in [1.54, 1.807) is 62.4 Å². The number of aliphatic hydroxyl groups excluding tert-OH is 1. The summed E-state index contributed by atoms with van der Waals surface area (Å²) in [4.78, 5) is 45.5. The highest BCUT2D eigenvalue weighted by atomic mass is 32.1. The molecule has 1 amide bonds. The van der Waals surface area contributed by atoms with Gasteiger partial charge in [-0.25, -0.2) is 9.78 Å². The number of carbonyl (C=O) groups is 3. The zero-order chi connectivity index (χ0) is 29.8. The Hall–Kier alpha value is -4.96. The van der Waals surface area contributed by atoms with E-state index < -0.39 is 23.7 Å². The molecular formula is C32H28N2O7S. The fourth-order valence-corrected chi connectivity index (χ4v) is 5.62. The molecule has 0 radical (unpaired) electrons. The van der Waals surface area contributed by atoms with Crippen LogP contribution in [0.4, 0.5) is 5.13 Å². The van der Waals surface area contributed by atoms with Gasteiger partial charge in [-0.2, -0.15) is 0 Å². The molecule has 42 heavy (non-hydrogen) atoms. The number of aryl methyl sites for hydroxylation is 1. The number of rotatable bonds is 9. The Morgan fingerprint density at radius 3 is 2.43 bits per heavy atom. The minimum atomic E-state index is -1.03. The highest BCUT2D eigenvalue weighted by molar-refractivity contribution is 7.17. The third kappa shape index (κ3) is 5.61. The standard InChI is InChI=1S/C32H28N2O7S/c1-4-40-31(38)29-19(2)33-32(42-29)34-26(21-13-15-23(16-14-21)41-18-20-9-6-5-7-10-20)25(28(36)30(34)37)27(35)22-11-8-12-24(17-22)39-3/h5-17,26,35H,4,18H2,1-3H3. The van der Waals surface area contributed by atoms with E-state index in [1.165, 1.54) is 12.0 Å². The second kappa shape index (κ2) is 12.3. The summed E-state index contributed by atoms with van der Waals surface area (Å²) >= 11 is 0.952. The van der Waals surface area contributed by atoms with Crippen molar-refractivity contribution in [1.82, 2.24) is 4.98 Å². The molecule has 1 aliphatic heterocycles. The lowest BCUT2D eigenvalue weighted by molar-refractivity contribution is -0.132. The van der Waals surface area contributed by atoms with Crippen molar-refractivity contribution >= 4 is 39.9 Å². The van der Waals surface area contributed by atoms with Crippen LogP contribution < -0.4 is 14.4 Å². The molecule has 9 nitrogen and oxygen atoms in total. The summed E-state index contributed by atoms with van der Waals surface area (Å²) < 4.78 is 16.3. The van der Waals surface area contributed by atoms with Crippen molar-refractivity contribution in [3.05, 3.63) is 112 Å². The summed E-state index contributed by atoms with van der Waals surface area (Å²) in [6.45, 7) is 3.87. The topological polar surface area (TPSA) is 115 Å². The van der Waals surface area contributed by atoms with Crippen LogP contribution in [0.2, 0.25) is 0 Å². The molecule has 1 aromatic heterocycles. The van der Waals surface area contributed by atoms with Gasteiger partial charge in [-0.1, -0.05) is 65.9 Å².